The molecule has 1 saturated heterocycles. The van der Waals surface area contributed by atoms with Crippen molar-refractivity contribution in [1.29, 1.82) is 0 Å². The molecule has 0 aromatic rings. The highest BCUT2D eigenvalue weighted by Crippen LogP contribution is 1.94. The fourth-order valence-corrected chi connectivity index (χ4v) is 1.18. The van der Waals surface area contributed by atoms with Crippen LogP contribution in [0.2, 0.25) is 0 Å². The third-order valence-electron chi connectivity index (χ3n) is 1.55. The van der Waals surface area contributed by atoms with Crippen molar-refractivity contribution in [1.82, 2.24) is 10.2 Å². The molecule has 1 heterocycles. The van der Waals surface area contributed by atoms with E-state index in [9.17, 15) is 9.59 Å². The second kappa shape index (κ2) is 3.51. The van der Waals surface area contributed by atoms with Gasteiger partial charge in [-0.25, -0.2) is 0 Å². The fraction of sp³-hybridized carbons (Fsp3) is 0.667. The number of rotatable bonds is 2. The van der Waals surface area contributed by atoms with E-state index in [1.165, 1.54) is 0 Å². The molecular formula is C6H12N4O2. The molecular weight excluding hydrogens is 160 g/mol. The van der Waals surface area contributed by atoms with E-state index in [1.54, 1.807) is 4.90 Å². The van der Waals surface area contributed by atoms with Crippen LogP contribution >= 0.6 is 0 Å². The summed E-state index contributed by atoms with van der Waals surface area (Å²) in [5, 5.41) is 2.53. The molecule has 1 unspecified atom stereocenters. The third-order valence-corrected chi connectivity index (χ3v) is 1.55. The van der Waals surface area contributed by atoms with Gasteiger partial charge in [-0.05, 0) is 0 Å². The molecule has 1 atom stereocenters. The summed E-state index contributed by atoms with van der Waals surface area (Å²) in [5.74, 6) is -0.619. The first kappa shape index (κ1) is 8.95. The summed E-state index contributed by atoms with van der Waals surface area (Å²) in [7, 11) is 0. The number of primary amides is 1. The van der Waals surface area contributed by atoms with E-state index in [4.69, 9.17) is 11.5 Å². The van der Waals surface area contributed by atoms with Crippen LogP contribution < -0.4 is 16.8 Å². The molecule has 5 N–H and O–H groups in total. The standard InChI is InChI=1S/C6H12N4O2/c7-4-1-10(2-5(8)11)3-6(12)9-4/h4H,1-3,7H2,(H2,8,11)(H,9,12). The van der Waals surface area contributed by atoms with Crippen LogP contribution in [0.1, 0.15) is 0 Å². The maximum atomic E-state index is 10.9. The summed E-state index contributed by atoms with van der Waals surface area (Å²) in [5.41, 5.74) is 10.4. The topological polar surface area (TPSA) is 101 Å². The van der Waals surface area contributed by atoms with Gasteiger partial charge in [-0.1, -0.05) is 0 Å². The normalized spacial score (nSPS) is 25.1. The lowest BCUT2D eigenvalue weighted by molar-refractivity contribution is -0.127. The molecule has 1 rings (SSSR count). The number of nitrogens with zero attached hydrogens (tertiary/aromatic N) is 1. The van der Waals surface area contributed by atoms with Gasteiger partial charge in [0.25, 0.3) is 0 Å². The fourth-order valence-electron chi connectivity index (χ4n) is 1.18. The van der Waals surface area contributed by atoms with E-state index in [2.05, 4.69) is 5.32 Å². The van der Waals surface area contributed by atoms with Crippen molar-refractivity contribution in [3.05, 3.63) is 0 Å². The van der Waals surface area contributed by atoms with E-state index < -0.39 is 12.1 Å². The number of carbonyl (C=O) groups is 2. The van der Waals surface area contributed by atoms with Crippen LogP contribution in [0.4, 0.5) is 0 Å². The van der Waals surface area contributed by atoms with Crippen molar-refractivity contribution in [3.8, 4) is 0 Å². The molecule has 0 radical (unpaired) electrons. The Morgan fingerprint density at radius 1 is 1.75 bits per heavy atom. The lowest BCUT2D eigenvalue weighted by Gasteiger charge is -2.29. The Hall–Kier alpha value is -1.14. The molecule has 0 bridgehead atoms. The lowest BCUT2D eigenvalue weighted by atomic mass is 10.3. The molecule has 0 aromatic heterocycles. The highest BCUT2D eigenvalue weighted by Gasteiger charge is 2.22. The first-order valence-electron chi connectivity index (χ1n) is 3.63. The molecule has 1 aliphatic heterocycles. The van der Waals surface area contributed by atoms with Gasteiger partial charge >= 0.3 is 0 Å². The number of piperazine rings is 1. The Morgan fingerprint density at radius 3 is 2.92 bits per heavy atom. The average molecular weight is 172 g/mol. The van der Waals surface area contributed by atoms with Crippen LogP contribution in [-0.2, 0) is 9.59 Å². The number of hydrogen-bond donors (Lipinski definition) is 3. The SMILES string of the molecule is NC(=O)CN1CC(=O)NC(N)C1. The van der Waals surface area contributed by atoms with Crippen LogP contribution in [0.15, 0.2) is 0 Å². The van der Waals surface area contributed by atoms with Crippen LogP contribution in [0.5, 0.6) is 0 Å². The summed E-state index contributed by atoms with van der Waals surface area (Å²) >= 11 is 0. The Kier molecular flexibility index (Phi) is 2.61. The first-order valence-corrected chi connectivity index (χ1v) is 3.63. The van der Waals surface area contributed by atoms with Gasteiger partial charge in [0.15, 0.2) is 0 Å². The monoisotopic (exact) mass is 172 g/mol. The number of amides is 2. The highest BCUT2D eigenvalue weighted by atomic mass is 16.2. The smallest absolute Gasteiger partial charge is 0.235 e. The minimum atomic E-state index is -0.447. The van der Waals surface area contributed by atoms with Crippen LogP contribution in [0, 0.1) is 0 Å². The third kappa shape index (κ3) is 2.48. The summed E-state index contributed by atoms with van der Waals surface area (Å²) in [6.07, 6.45) is -0.398. The summed E-state index contributed by atoms with van der Waals surface area (Å²) in [6, 6.07) is 0. The second-order valence-corrected chi connectivity index (χ2v) is 2.81. The van der Waals surface area contributed by atoms with Crippen LogP contribution in [0.3, 0.4) is 0 Å². The molecule has 12 heavy (non-hydrogen) atoms. The molecule has 0 saturated carbocycles. The zero-order valence-corrected chi connectivity index (χ0v) is 6.62. The van der Waals surface area contributed by atoms with Gasteiger partial charge in [0.05, 0.1) is 19.3 Å². The summed E-state index contributed by atoms with van der Waals surface area (Å²) in [6.45, 7) is 0.742. The predicted molar refractivity (Wildman–Crippen MR) is 41.8 cm³/mol. The van der Waals surface area contributed by atoms with Gasteiger partial charge in [-0.15, -0.1) is 0 Å². The first-order chi connectivity index (χ1) is 5.58. The Morgan fingerprint density at radius 2 is 2.42 bits per heavy atom. The lowest BCUT2D eigenvalue weighted by Crippen LogP contribution is -2.59. The van der Waals surface area contributed by atoms with Gasteiger partial charge in [0.1, 0.15) is 0 Å². The molecule has 0 aliphatic carbocycles. The van der Waals surface area contributed by atoms with E-state index in [0.29, 0.717) is 6.54 Å². The van der Waals surface area contributed by atoms with Gasteiger partial charge in [-0.3, -0.25) is 14.5 Å². The Bertz CT molecular complexity index is 204. The average Bonchev–Trinajstić information content (AvgIpc) is 1.81. The quantitative estimate of drug-likeness (QED) is 0.418. The summed E-state index contributed by atoms with van der Waals surface area (Å²) in [4.78, 5) is 23.0. The Balaban J connectivity index is 2.44. The van der Waals surface area contributed by atoms with Crippen molar-refractivity contribution in [3.63, 3.8) is 0 Å². The van der Waals surface area contributed by atoms with Gasteiger partial charge < -0.3 is 16.8 Å². The van der Waals surface area contributed by atoms with Crippen LogP contribution in [0.25, 0.3) is 0 Å². The number of carbonyl (C=O) groups excluding carboxylic acids is 2. The molecule has 6 nitrogen and oxygen atoms in total. The molecule has 0 spiro atoms. The molecule has 0 aromatic carbocycles. The highest BCUT2D eigenvalue weighted by molar-refractivity contribution is 5.81. The minimum absolute atomic E-state index is 0.0844. The van der Waals surface area contributed by atoms with Crippen molar-refractivity contribution in [2.45, 2.75) is 6.17 Å². The molecule has 2 amide bonds. The van der Waals surface area contributed by atoms with Gasteiger partial charge in [0.2, 0.25) is 11.8 Å². The van der Waals surface area contributed by atoms with E-state index in [0.717, 1.165) is 0 Å². The molecule has 1 aliphatic rings. The zero-order chi connectivity index (χ0) is 9.14. The predicted octanol–water partition coefficient (Wildman–Crippen LogP) is -2.81. The van der Waals surface area contributed by atoms with Crippen molar-refractivity contribution in [2.75, 3.05) is 19.6 Å². The van der Waals surface area contributed by atoms with Crippen molar-refractivity contribution in [2.24, 2.45) is 11.5 Å². The maximum absolute atomic E-state index is 10.9. The number of nitrogens with two attached hydrogens (primary N) is 2. The van der Waals surface area contributed by atoms with Crippen molar-refractivity contribution < 1.29 is 9.59 Å². The molecule has 68 valence electrons. The minimum Gasteiger partial charge on any atom is -0.369 e. The van der Waals surface area contributed by atoms with E-state index >= 15 is 0 Å². The molecule has 6 heteroatoms. The van der Waals surface area contributed by atoms with Gasteiger partial charge in [0, 0.05) is 6.54 Å². The Labute approximate surface area is 69.9 Å². The van der Waals surface area contributed by atoms with Gasteiger partial charge in [-0.2, -0.15) is 0 Å². The number of hydrogen-bond acceptors (Lipinski definition) is 4. The zero-order valence-electron chi connectivity index (χ0n) is 6.62. The second-order valence-electron chi connectivity index (χ2n) is 2.81. The van der Waals surface area contributed by atoms with E-state index in [-0.39, 0.29) is 19.0 Å². The van der Waals surface area contributed by atoms with Crippen molar-refractivity contribution >= 4 is 11.8 Å². The summed E-state index contributed by atoms with van der Waals surface area (Å²) < 4.78 is 0. The maximum Gasteiger partial charge on any atom is 0.235 e. The van der Waals surface area contributed by atoms with E-state index in [1.807, 2.05) is 0 Å². The number of nitrogens with one attached hydrogen (secondary N) is 1. The van der Waals surface area contributed by atoms with Crippen LogP contribution in [-0.4, -0.2) is 42.5 Å². The largest absolute Gasteiger partial charge is 0.369 e. The molecule has 1 fully saturated rings.